The first-order valence-corrected chi connectivity index (χ1v) is 9.23. The van der Waals surface area contributed by atoms with Gasteiger partial charge in [-0.1, -0.05) is 13.3 Å². The second kappa shape index (κ2) is 8.31. The van der Waals surface area contributed by atoms with E-state index >= 15 is 0 Å². The monoisotopic (exact) mass is 360 g/mol. The van der Waals surface area contributed by atoms with Gasteiger partial charge in [0.2, 0.25) is 0 Å². The fourth-order valence-electron chi connectivity index (χ4n) is 3.22. The van der Waals surface area contributed by atoms with Gasteiger partial charge in [0.15, 0.2) is 0 Å². The predicted octanol–water partition coefficient (Wildman–Crippen LogP) is 1.19. The lowest BCUT2D eigenvalue weighted by Gasteiger charge is -2.27. The standard InChI is InChI=1S/C17H28N8O/c1-4-5-6-24-7-8-25-15(11-24)9-14(22-25)10-18-17(26)21-13(2)16-19-12-20-23(16)3/h9,12-13H,4-8,10-11H2,1-3H3,(H2,18,21,26). The Labute approximate surface area is 153 Å². The van der Waals surface area contributed by atoms with Crippen molar-refractivity contribution in [1.29, 1.82) is 0 Å². The van der Waals surface area contributed by atoms with Gasteiger partial charge >= 0.3 is 6.03 Å². The van der Waals surface area contributed by atoms with Crippen LogP contribution in [0.1, 0.15) is 49.9 Å². The van der Waals surface area contributed by atoms with Crippen LogP contribution in [-0.4, -0.2) is 48.6 Å². The Balaban J connectivity index is 1.49. The maximum absolute atomic E-state index is 12.1. The number of fused-ring (bicyclic) bond motifs is 1. The Hall–Kier alpha value is -2.42. The van der Waals surface area contributed by atoms with Gasteiger partial charge in [0.1, 0.15) is 12.2 Å². The number of unbranched alkanes of at least 4 members (excludes halogenated alkanes) is 1. The molecule has 1 aliphatic rings. The highest BCUT2D eigenvalue weighted by molar-refractivity contribution is 5.74. The maximum Gasteiger partial charge on any atom is 0.315 e. The molecule has 26 heavy (non-hydrogen) atoms. The molecule has 3 heterocycles. The summed E-state index contributed by atoms with van der Waals surface area (Å²) in [5.74, 6) is 0.713. The molecule has 9 nitrogen and oxygen atoms in total. The van der Waals surface area contributed by atoms with Gasteiger partial charge in [-0.25, -0.2) is 9.78 Å². The van der Waals surface area contributed by atoms with E-state index in [9.17, 15) is 4.79 Å². The zero-order valence-corrected chi connectivity index (χ0v) is 15.8. The number of hydrogen-bond acceptors (Lipinski definition) is 5. The molecule has 1 unspecified atom stereocenters. The SMILES string of the molecule is CCCCN1CCn2nc(CNC(=O)NC(C)c3ncnn3C)cc2C1. The minimum atomic E-state index is -0.240. The largest absolute Gasteiger partial charge is 0.332 e. The Morgan fingerprint density at radius 1 is 1.38 bits per heavy atom. The minimum absolute atomic E-state index is 0.218. The van der Waals surface area contributed by atoms with Crippen LogP contribution in [0, 0.1) is 0 Å². The van der Waals surface area contributed by atoms with Crippen LogP contribution in [0.4, 0.5) is 4.79 Å². The number of urea groups is 1. The van der Waals surface area contributed by atoms with Gasteiger partial charge in [-0.2, -0.15) is 10.2 Å². The van der Waals surface area contributed by atoms with Gasteiger partial charge in [-0.15, -0.1) is 0 Å². The topological polar surface area (TPSA) is 92.9 Å². The number of nitrogens with zero attached hydrogens (tertiary/aromatic N) is 6. The van der Waals surface area contributed by atoms with Crippen LogP contribution < -0.4 is 10.6 Å². The number of nitrogens with one attached hydrogen (secondary N) is 2. The first-order valence-electron chi connectivity index (χ1n) is 9.23. The van der Waals surface area contributed by atoms with Crippen molar-refractivity contribution >= 4 is 6.03 Å². The minimum Gasteiger partial charge on any atom is -0.332 e. The third kappa shape index (κ3) is 4.40. The summed E-state index contributed by atoms with van der Waals surface area (Å²) in [5.41, 5.74) is 2.11. The van der Waals surface area contributed by atoms with E-state index in [1.807, 2.05) is 6.92 Å². The van der Waals surface area contributed by atoms with Crippen molar-refractivity contribution in [1.82, 2.24) is 40.1 Å². The van der Waals surface area contributed by atoms with E-state index in [-0.39, 0.29) is 12.1 Å². The quantitative estimate of drug-likeness (QED) is 0.774. The Kier molecular flexibility index (Phi) is 5.87. The summed E-state index contributed by atoms with van der Waals surface area (Å²) < 4.78 is 3.71. The van der Waals surface area contributed by atoms with E-state index in [2.05, 4.69) is 48.4 Å². The van der Waals surface area contributed by atoms with Gasteiger partial charge in [0, 0.05) is 20.1 Å². The third-order valence-corrected chi connectivity index (χ3v) is 4.67. The highest BCUT2D eigenvalue weighted by Crippen LogP contribution is 2.14. The smallest absolute Gasteiger partial charge is 0.315 e. The molecule has 3 rings (SSSR count). The molecule has 2 aromatic rings. The Bertz CT molecular complexity index is 737. The highest BCUT2D eigenvalue weighted by Gasteiger charge is 2.18. The molecule has 1 aliphatic heterocycles. The molecule has 2 N–H and O–H groups in total. The molecule has 1 atom stereocenters. The molecule has 0 saturated heterocycles. The Morgan fingerprint density at radius 2 is 2.23 bits per heavy atom. The zero-order valence-electron chi connectivity index (χ0n) is 15.8. The normalized spacial score (nSPS) is 15.5. The molecule has 0 spiro atoms. The number of rotatable bonds is 7. The summed E-state index contributed by atoms with van der Waals surface area (Å²) in [4.78, 5) is 18.7. The average Bonchev–Trinajstić information content (AvgIpc) is 3.23. The van der Waals surface area contributed by atoms with E-state index in [1.165, 1.54) is 24.9 Å². The number of aromatic nitrogens is 5. The van der Waals surface area contributed by atoms with Crippen LogP contribution in [0.15, 0.2) is 12.4 Å². The lowest BCUT2D eigenvalue weighted by molar-refractivity contribution is 0.210. The van der Waals surface area contributed by atoms with E-state index in [4.69, 9.17) is 0 Å². The van der Waals surface area contributed by atoms with E-state index in [0.29, 0.717) is 12.4 Å². The van der Waals surface area contributed by atoms with Gasteiger partial charge in [0.05, 0.1) is 30.5 Å². The number of carbonyl (C=O) groups excluding carboxylic acids is 1. The molecule has 142 valence electrons. The van der Waals surface area contributed by atoms with Gasteiger partial charge in [-0.05, 0) is 26.0 Å². The molecule has 0 aromatic carbocycles. The maximum atomic E-state index is 12.1. The lowest BCUT2D eigenvalue weighted by Crippen LogP contribution is -2.37. The molecule has 0 fully saturated rings. The van der Waals surface area contributed by atoms with Crippen LogP contribution in [-0.2, 0) is 26.7 Å². The van der Waals surface area contributed by atoms with Crippen LogP contribution >= 0.6 is 0 Å². The predicted molar refractivity (Wildman–Crippen MR) is 97.2 cm³/mol. The summed E-state index contributed by atoms with van der Waals surface area (Å²) in [6.07, 6.45) is 3.92. The molecule has 0 saturated carbocycles. The van der Waals surface area contributed by atoms with Gasteiger partial charge in [-0.3, -0.25) is 14.3 Å². The van der Waals surface area contributed by atoms with Crippen LogP contribution in [0.2, 0.25) is 0 Å². The van der Waals surface area contributed by atoms with Gasteiger partial charge < -0.3 is 10.6 Å². The number of amides is 2. The summed E-state index contributed by atoms with van der Waals surface area (Å²) in [5, 5.41) is 14.4. The lowest BCUT2D eigenvalue weighted by atomic mass is 10.2. The van der Waals surface area contributed by atoms with Crippen LogP contribution in [0.5, 0.6) is 0 Å². The molecule has 0 aliphatic carbocycles. The molecule has 2 amide bonds. The molecular weight excluding hydrogens is 332 g/mol. The molecular formula is C17H28N8O. The fourth-order valence-corrected chi connectivity index (χ4v) is 3.22. The van der Waals surface area contributed by atoms with Crippen molar-refractivity contribution in [3.8, 4) is 0 Å². The first kappa shape index (κ1) is 18.4. The molecule has 0 radical (unpaired) electrons. The second-order valence-corrected chi connectivity index (χ2v) is 6.77. The van der Waals surface area contributed by atoms with Crippen molar-refractivity contribution in [2.45, 2.75) is 52.4 Å². The van der Waals surface area contributed by atoms with Crippen molar-refractivity contribution in [3.05, 3.63) is 29.6 Å². The second-order valence-electron chi connectivity index (χ2n) is 6.77. The first-order chi connectivity index (χ1) is 12.6. The van der Waals surface area contributed by atoms with Gasteiger partial charge in [0.25, 0.3) is 0 Å². The van der Waals surface area contributed by atoms with E-state index in [1.54, 1.807) is 11.7 Å². The van der Waals surface area contributed by atoms with E-state index in [0.717, 1.165) is 31.9 Å². The average molecular weight is 360 g/mol. The molecule has 9 heteroatoms. The Morgan fingerprint density at radius 3 is 2.96 bits per heavy atom. The van der Waals surface area contributed by atoms with Crippen LogP contribution in [0.3, 0.4) is 0 Å². The van der Waals surface area contributed by atoms with Crippen molar-refractivity contribution < 1.29 is 4.79 Å². The summed E-state index contributed by atoms with van der Waals surface area (Å²) in [7, 11) is 1.80. The molecule has 0 bridgehead atoms. The van der Waals surface area contributed by atoms with Crippen molar-refractivity contribution in [3.63, 3.8) is 0 Å². The zero-order chi connectivity index (χ0) is 18.5. The number of aryl methyl sites for hydroxylation is 1. The third-order valence-electron chi connectivity index (χ3n) is 4.67. The number of hydrogen-bond donors (Lipinski definition) is 2. The summed E-state index contributed by atoms with van der Waals surface area (Å²) in [6, 6.07) is 1.63. The fraction of sp³-hybridized carbons (Fsp3) is 0.647. The number of carbonyl (C=O) groups is 1. The van der Waals surface area contributed by atoms with E-state index < -0.39 is 0 Å². The van der Waals surface area contributed by atoms with Crippen LogP contribution in [0.25, 0.3) is 0 Å². The molecule has 2 aromatic heterocycles. The van der Waals surface area contributed by atoms with Crippen molar-refractivity contribution in [2.75, 3.05) is 13.1 Å². The highest BCUT2D eigenvalue weighted by atomic mass is 16.2. The van der Waals surface area contributed by atoms with Crippen molar-refractivity contribution in [2.24, 2.45) is 7.05 Å². The summed E-state index contributed by atoms with van der Waals surface area (Å²) in [6.45, 7) is 8.52. The summed E-state index contributed by atoms with van der Waals surface area (Å²) >= 11 is 0.